The van der Waals surface area contributed by atoms with Crippen LogP contribution in [0.25, 0.3) is 0 Å². The summed E-state index contributed by atoms with van der Waals surface area (Å²) in [5.74, 6) is 1.39. The van der Waals surface area contributed by atoms with E-state index in [1.165, 1.54) is 0 Å². The standard InChI is InChI=1S/C15H21NO4/c1-5-20-15(17)16-10(2)6-7-11-12(16)8-9-13(18-3)14(11)19-4/h8-10H,5-7H2,1-4H3. The van der Waals surface area contributed by atoms with Gasteiger partial charge >= 0.3 is 6.09 Å². The minimum absolute atomic E-state index is 0.111. The Morgan fingerprint density at radius 2 is 2.10 bits per heavy atom. The predicted molar refractivity (Wildman–Crippen MR) is 76.8 cm³/mol. The van der Waals surface area contributed by atoms with Gasteiger partial charge in [-0.05, 0) is 38.8 Å². The third kappa shape index (κ3) is 2.40. The average molecular weight is 279 g/mol. The van der Waals surface area contributed by atoms with Crippen LogP contribution >= 0.6 is 0 Å². The van der Waals surface area contributed by atoms with E-state index in [2.05, 4.69) is 0 Å². The van der Waals surface area contributed by atoms with E-state index in [0.29, 0.717) is 18.1 Å². The summed E-state index contributed by atoms with van der Waals surface area (Å²) in [4.78, 5) is 13.9. The molecule has 1 aromatic carbocycles. The van der Waals surface area contributed by atoms with E-state index in [1.54, 1.807) is 19.1 Å². The number of carbonyl (C=O) groups excluding carboxylic acids is 1. The van der Waals surface area contributed by atoms with Crippen LogP contribution in [0.1, 0.15) is 25.8 Å². The Morgan fingerprint density at radius 1 is 1.35 bits per heavy atom. The highest BCUT2D eigenvalue weighted by atomic mass is 16.6. The minimum atomic E-state index is -0.312. The maximum absolute atomic E-state index is 12.2. The Kier molecular flexibility index (Phi) is 4.37. The van der Waals surface area contributed by atoms with Crippen molar-refractivity contribution in [3.8, 4) is 11.5 Å². The normalized spacial score (nSPS) is 17.4. The fourth-order valence-electron chi connectivity index (χ4n) is 2.64. The molecule has 0 aliphatic carbocycles. The number of methoxy groups -OCH3 is 2. The van der Waals surface area contributed by atoms with E-state index >= 15 is 0 Å². The number of nitrogens with zero attached hydrogens (tertiary/aromatic N) is 1. The van der Waals surface area contributed by atoms with E-state index in [1.807, 2.05) is 26.0 Å². The molecule has 5 heteroatoms. The topological polar surface area (TPSA) is 48.0 Å². The zero-order chi connectivity index (χ0) is 14.7. The molecule has 0 fully saturated rings. The lowest BCUT2D eigenvalue weighted by Crippen LogP contribution is -2.42. The molecular formula is C15H21NO4. The molecule has 1 aliphatic rings. The zero-order valence-electron chi connectivity index (χ0n) is 12.4. The van der Waals surface area contributed by atoms with Gasteiger partial charge in [-0.3, -0.25) is 4.90 Å². The maximum Gasteiger partial charge on any atom is 0.414 e. The third-order valence-corrected chi connectivity index (χ3v) is 3.60. The average Bonchev–Trinajstić information content (AvgIpc) is 2.45. The molecule has 1 unspecified atom stereocenters. The van der Waals surface area contributed by atoms with Crippen molar-refractivity contribution in [2.24, 2.45) is 0 Å². The van der Waals surface area contributed by atoms with Crippen molar-refractivity contribution in [2.45, 2.75) is 32.7 Å². The van der Waals surface area contributed by atoms with Gasteiger partial charge in [-0.15, -0.1) is 0 Å². The van der Waals surface area contributed by atoms with E-state index < -0.39 is 0 Å². The van der Waals surface area contributed by atoms with Crippen molar-refractivity contribution in [2.75, 3.05) is 25.7 Å². The number of fused-ring (bicyclic) bond motifs is 1. The Labute approximate surface area is 119 Å². The number of rotatable bonds is 3. The van der Waals surface area contributed by atoms with Crippen LogP contribution in [0, 0.1) is 0 Å². The van der Waals surface area contributed by atoms with Gasteiger partial charge in [0.05, 0.1) is 26.5 Å². The first kappa shape index (κ1) is 14.5. The van der Waals surface area contributed by atoms with Gasteiger partial charge in [-0.25, -0.2) is 4.79 Å². The van der Waals surface area contributed by atoms with E-state index in [0.717, 1.165) is 24.1 Å². The first-order chi connectivity index (χ1) is 9.63. The van der Waals surface area contributed by atoms with Gasteiger partial charge in [-0.2, -0.15) is 0 Å². The van der Waals surface area contributed by atoms with E-state index in [-0.39, 0.29) is 12.1 Å². The molecule has 0 bridgehead atoms. The van der Waals surface area contributed by atoms with E-state index in [4.69, 9.17) is 14.2 Å². The first-order valence-corrected chi connectivity index (χ1v) is 6.83. The highest BCUT2D eigenvalue weighted by Gasteiger charge is 2.32. The van der Waals surface area contributed by atoms with Gasteiger partial charge < -0.3 is 14.2 Å². The Hall–Kier alpha value is -1.91. The number of ether oxygens (including phenoxy) is 3. The molecule has 1 atom stereocenters. The molecule has 1 aliphatic heterocycles. The molecule has 0 spiro atoms. The fraction of sp³-hybridized carbons (Fsp3) is 0.533. The second-order valence-corrected chi connectivity index (χ2v) is 4.76. The van der Waals surface area contributed by atoms with Crippen molar-refractivity contribution in [3.05, 3.63) is 17.7 Å². The van der Waals surface area contributed by atoms with Gasteiger partial charge in [0, 0.05) is 11.6 Å². The summed E-state index contributed by atoms with van der Waals surface area (Å²) in [6.45, 7) is 4.20. The summed E-state index contributed by atoms with van der Waals surface area (Å²) in [7, 11) is 3.23. The highest BCUT2D eigenvalue weighted by molar-refractivity contribution is 5.91. The van der Waals surface area contributed by atoms with Gasteiger partial charge in [-0.1, -0.05) is 0 Å². The zero-order valence-corrected chi connectivity index (χ0v) is 12.4. The molecule has 0 saturated heterocycles. The molecule has 20 heavy (non-hydrogen) atoms. The molecular weight excluding hydrogens is 258 g/mol. The molecule has 1 heterocycles. The second-order valence-electron chi connectivity index (χ2n) is 4.76. The van der Waals surface area contributed by atoms with Crippen LogP contribution < -0.4 is 14.4 Å². The SMILES string of the molecule is CCOC(=O)N1c2ccc(OC)c(OC)c2CCC1C. The lowest BCUT2D eigenvalue weighted by atomic mass is 9.95. The molecule has 0 N–H and O–H groups in total. The molecule has 0 saturated carbocycles. The Morgan fingerprint density at radius 3 is 2.70 bits per heavy atom. The van der Waals surface area contributed by atoms with Crippen LogP contribution in [0.5, 0.6) is 11.5 Å². The van der Waals surface area contributed by atoms with Crippen molar-refractivity contribution in [1.82, 2.24) is 0 Å². The van der Waals surface area contributed by atoms with Gasteiger partial charge in [0.2, 0.25) is 0 Å². The molecule has 5 nitrogen and oxygen atoms in total. The summed E-state index contributed by atoms with van der Waals surface area (Å²) < 4.78 is 15.9. The fourth-order valence-corrected chi connectivity index (χ4v) is 2.64. The van der Waals surface area contributed by atoms with Crippen LogP contribution in [0.15, 0.2) is 12.1 Å². The van der Waals surface area contributed by atoms with Crippen molar-refractivity contribution in [1.29, 1.82) is 0 Å². The van der Waals surface area contributed by atoms with Crippen LogP contribution in [0.3, 0.4) is 0 Å². The van der Waals surface area contributed by atoms with E-state index in [9.17, 15) is 4.79 Å². The smallest absolute Gasteiger partial charge is 0.414 e. The van der Waals surface area contributed by atoms with Crippen LogP contribution in [0.4, 0.5) is 10.5 Å². The van der Waals surface area contributed by atoms with Crippen LogP contribution in [-0.2, 0) is 11.2 Å². The van der Waals surface area contributed by atoms with Crippen molar-refractivity contribution in [3.63, 3.8) is 0 Å². The summed E-state index contributed by atoms with van der Waals surface area (Å²) in [6.07, 6.45) is 1.41. The number of anilines is 1. The Bertz CT molecular complexity index is 501. The maximum atomic E-state index is 12.2. The van der Waals surface area contributed by atoms with Crippen molar-refractivity contribution < 1.29 is 19.0 Å². The molecule has 1 aromatic rings. The monoisotopic (exact) mass is 279 g/mol. The largest absolute Gasteiger partial charge is 0.493 e. The molecule has 2 rings (SSSR count). The quantitative estimate of drug-likeness (QED) is 0.853. The summed E-state index contributed by atoms with van der Waals surface area (Å²) in [5, 5.41) is 0. The number of hydrogen-bond donors (Lipinski definition) is 0. The molecule has 0 aromatic heterocycles. The van der Waals surface area contributed by atoms with Crippen LogP contribution in [0.2, 0.25) is 0 Å². The second kappa shape index (κ2) is 6.03. The summed E-state index contributed by atoms with van der Waals surface area (Å²) >= 11 is 0. The first-order valence-electron chi connectivity index (χ1n) is 6.83. The number of benzene rings is 1. The lowest BCUT2D eigenvalue weighted by molar-refractivity contribution is 0.156. The lowest BCUT2D eigenvalue weighted by Gasteiger charge is -2.35. The number of amides is 1. The third-order valence-electron chi connectivity index (χ3n) is 3.60. The number of hydrogen-bond acceptors (Lipinski definition) is 4. The van der Waals surface area contributed by atoms with Crippen molar-refractivity contribution >= 4 is 11.8 Å². The Balaban J connectivity index is 2.48. The van der Waals surface area contributed by atoms with Gasteiger partial charge in [0.25, 0.3) is 0 Å². The number of carbonyl (C=O) groups is 1. The molecule has 1 amide bonds. The molecule has 110 valence electrons. The van der Waals surface area contributed by atoms with Gasteiger partial charge in [0.15, 0.2) is 11.5 Å². The molecule has 0 radical (unpaired) electrons. The summed E-state index contributed by atoms with van der Waals surface area (Å²) in [5.41, 5.74) is 1.85. The predicted octanol–water partition coefficient (Wildman–Crippen LogP) is 3.00. The summed E-state index contributed by atoms with van der Waals surface area (Å²) in [6, 6.07) is 3.82. The van der Waals surface area contributed by atoms with Crippen LogP contribution in [-0.4, -0.2) is 33.0 Å². The highest BCUT2D eigenvalue weighted by Crippen LogP contribution is 2.42. The van der Waals surface area contributed by atoms with Gasteiger partial charge in [0.1, 0.15) is 0 Å². The minimum Gasteiger partial charge on any atom is -0.493 e.